The molecule has 2 heterocycles. The highest BCUT2D eigenvalue weighted by Crippen LogP contribution is 2.08. The van der Waals surface area contributed by atoms with Crippen LogP contribution in [0.5, 0.6) is 0 Å². The highest BCUT2D eigenvalue weighted by Gasteiger charge is 2.20. The van der Waals surface area contributed by atoms with Gasteiger partial charge < -0.3 is 5.32 Å². The van der Waals surface area contributed by atoms with E-state index in [9.17, 15) is 8.42 Å². The first-order valence-electron chi connectivity index (χ1n) is 6.13. The molecule has 0 saturated carbocycles. The summed E-state index contributed by atoms with van der Waals surface area (Å²) in [5, 5.41) is 10.8. The molecule has 6 nitrogen and oxygen atoms in total. The van der Waals surface area contributed by atoms with Crippen molar-refractivity contribution in [3.8, 4) is 0 Å². The van der Waals surface area contributed by atoms with Crippen LogP contribution in [0, 0.1) is 0 Å². The van der Waals surface area contributed by atoms with E-state index in [-0.39, 0.29) is 18.3 Å². The second-order valence-electron chi connectivity index (χ2n) is 4.46. The van der Waals surface area contributed by atoms with Gasteiger partial charge in [-0.05, 0) is 31.5 Å². The molecule has 1 unspecified atom stereocenters. The summed E-state index contributed by atoms with van der Waals surface area (Å²) in [5.74, 6) is 0.132. The molecule has 2 rings (SSSR count). The molecule has 0 amide bonds. The third kappa shape index (κ3) is 4.32. The summed E-state index contributed by atoms with van der Waals surface area (Å²) < 4.78 is 26.3. The van der Waals surface area contributed by atoms with Crippen LogP contribution in [0.4, 0.5) is 0 Å². The van der Waals surface area contributed by atoms with Gasteiger partial charge in [-0.3, -0.25) is 0 Å². The minimum atomic E-state index is -3.26. The first kappa shape index (κ1) is 13.4. The van der Waals surface area contributed by atoms with E-state index in [2.05, 4.69) is 20.2 Å². The van der Waals surface area contributed by atoms with Crippen LogP contribution in [-0.4, -0.2) is 37.0 Å². The van der Waals surface area contributed by atoms with Crippen LogP contribution >= 0.6 is 0 Å². The Morgan fingerprint density at radius 3 is 3.00 bits per heavy atom. The van der Waals surface area contributed by atoms with Gasteiger partial charge in [-0.1, -0.05) is 6.42 Å². The molecule has 1 aliphatic rings. The molecule has 100 valence electrons. The molecule has 1 aromatic heterocycles. The number of hydrogen-bond donors (Lipinski definition) is 2. The van der Waals surface area contributed by atoms with E-state index in [0.29, 0.717) is 5.69 Å². The van der Waals surface area contributed by atoms with Crippen molar-refractivity contribution in [2.24, 2.45) is 0 Å². The molecule has 1 saturated heterocycles. The maximum Gasteiger partial charge on any atom is 0.213 e. The molecule has 0 radical (unpaired) electrons. The van der Waals surface area contributed by atoms with Gasteiger partial charge in [0.25, 0.3) is 0 Å². The average molecular weight is 270 g/mol. The van der Waals surface area contributed by atoms with Gasteiger partial charge in [-0.2, -0.15) is 10.2 Å². The lowest BCUT2D eigenvalue weighted by atomic mass is 10.1. The molecular formula is C11H18N4O2S. The first-order chi connectivity index (χ1) is 8.66. The van der Waals surface area contributed by atoms with Crippen molar-refractivity contribution in [3.63, 3.8) is 0 Å². The third-order valence-electron chi connectivity index (χ3n) is 2.93. The zero-order valence-electron chi connectivity index (χ0n) is 10.2. The highest BCUT2D eigenvalue weighted by atomic mass is 32.2. The van der Waals surface area contributed by atoms with Crippen molar-refractivity contribution in [1.29, 1.82) is 0 Å². The van der Waals surface area contributed by atoms with Crippen molar-refractivity contribution >= 4 is 10.0 Å². The van der Waals surface area contributed by atoms with Gasteiger partial charge in [-0.25, -0.2) is 13.1 Å². The molecule has 2 N–H and O–H groups in total. The fourth-order valence-electron chi connectivity index (χ4n) is 2.00. The minimum absolute atomic E-state index is 0.0677. The number of sulfonamides is 1. The van der Waals surface area contributed by atoms with Gasteiger partial charge >= 0.3 is 0 Å². The summed E-state index contributed by atoms with van der Waals surface area (Å²) in [7, 11) is -3.26. The smallest absolute Gasteiger partial charge is 0.213 e. The van der Waals surface area contributed by atoms with Crippen molar-refractivity contribution in [3.05, 3.63) is 24.0 Å². The zero-order valence-corrected chi connectivity index (χ0v) is 11.0. The SMILES string of the molecule is O=S(=O)(CC1CCCCN1)NCc1cccnn1. The lowest BCUT2D eigenvalue weighted by molar-refractivity contribution is 0.422. The van der Waals surface area contributed by atoms with Gasteiger partial charge in [0.05, 0.1) is 18.0 Å². The Bertz CT molecular complexity index is 457. The Morgan fingerprint density at radius 1 is 1.44 bits per heavy atom. The zero-order chi connectivity index (χ0) is 12.8. The number of nitrogens with zero attached hydrogens (tertiary/aromatic N) is 2. The van der Waals surface area contributed by atoms with Crippen molar-refractivity contribution < 1.29 is 8.42 Å². The Kier molecular flexibility index (Phi) is 4.62. The molecule has 1 aromatic rings. The second-order valence-corrected chi connectivity index (χ2v) is 6.32. The van der Waals surface area contributed by atoms with Gasteiger partial charge in [0.1, 0.15) is 0 Å². The standard InChI is InChI=1S/C11H18N4O2S/c16-18(17,9-11-4-1-2-6-12-11)14-8-10-5-3-7-13-15-10/h3,5,7,11-12,14H,1-2,4,6,8-9H2. The highest BCUT2D eigenvalue weighted by molar-refractivity contribution is 7.89. The van der Waals surface area contributed by atoms with E-state index in [1.54, 1.807) is 18.3 Å². The quantitative estimate of drug-likeness (QED) is 0.789. The lowest BCUT2D eigenvalue weighted by Gasteiger charge is -2.23. The van der Waals surface area contributed by atoms with Crippen molar-refractivity contribution in [2.75, 3.05) is 12.3 Å². The average Bonchev–Trinajstić information content (AvgIpc) is 2.38. The third-order valence-corrected chi connectivity index (χ3v) is 4.36. The molecule has 1 aliphatic heterocycles. The molecular weight excluding hydrogens is 252 g/mol. The normalized spacial score (nSPS) is 20.8. The number of hydrogen-bond acceptors (Lipinski definition) is 5. The van der Waals surface area contributed by atoms with Gasteiger partial charge in [0.15, 0.2) is 0 Å². The number of piperidine rings is 1. The number of rotatable bonds is 5. The van der Waals surface area contributed by atoms with Crippen LogP contribution in [0.2, 0.25) is 0 Å². The van der Waals surface area contributed by atoms with E-state index in [0.717, 1.165) is 25.8 Å². The predicted molar refractivity (Wildman–Crippen MR) is 68.3 cm³/mol. The molecule has 7 heteroatoms. The fourth-order valence-corrected chi connectivity index (χ4v) is 3.30. The van der Waals surface area contributed by atoms with Gasteiger partial charge in [0.2, 0.25) is 10.0 Å². The van der Waals surface area contributed by atoms with Crippen LogP contribution in [0.25, 0.3) is 0 Å². The largest absolute Gasteiger partial charge is 0.313 e. The first-order valence-corrected chi connectivity index (χ1v) is 7.78. The Labute approximate surface area is 107 Å². The minimum Gasteiger partial charge on any atom is -0.313 e. The summed E-state index contributed by atoms with van der Waals surface area (Å²) in [6, 6.07) is 3.55. The number of nitrogens with one attached hydrogen (secondary N) is 2. The summed E-state index contributed by atoms with van der Waals surface area (Å²) in [6.07, 6.45) is 4.71. The van der Waals surface area contributed by atoms with E-state index in [1.165, 1.54) is 0 Å². The van der Waals surface area contributed by atoms with Crippen molar-refractivity contribution in [1.82, 2.24) is 20.2 Å². The topological polar surface area (TPSA) is 84.0 Å². The summed E-state index contributed by atoms with van der Waals surface area (Å²) in [4.78, 5) is 0. The van der Waals surface area contributed by atoms with Gasteiger partial charge in [-0.15, -0.1) is 0 Å². The van der Waals surface area contributed by atoms with Crippen LogP contribution in [0.15, 0.2) is 18.3 Å². The monoisotopic (exact) mass is 270 g/mol. The van der Waals surface area contributed by atoms with E-state index >= 15 is 0 Å². The van der Waals surface area contributed by atoms with E-state index < -0.39 is 10.0 Å². The maximum absolute atomic E-state index is 11.9. The summed E-state index contributed by atoms with van der Waals surface area (Å²) >= 11 is 0. The second kappa shape index (κ2) is 6.21. The molecule has 0 bridgehead atoms. The molecule has 0 spiro atoms. The Balaban J connectivity index is 1.83. The molecule has 1 atom stereocenters. The maximum atomic E-state index is 11.9. The van der Waals surface area contributed by atoms with Crippen LogP contribution in [-0.2, 0) is 16.6 Å². The number of aromatic nitrogens is 2. The van der Waals surface area contributed by atoms with Crippen LogP contribution in [0.1, 0.15) is 25.0 Å². The Morgan fingerprint density at radius 2 is 2.33 bits per heavy atom. The molecule has 0 aromatic carbocycles. The van der Waals surface area contributed by atoms with E-state index in [4.69, 9.17) is 0 Å². The lowest BCUT2D eigenvalue weighted by Crippen LogP contribution is -2.42. The van der Waals surface area contributed by atoms with E-state index in [1.807, 2.05) is 0 Å². The van der Waals surface area contributed by atoms with Crippen LogP contribution in [0.3, 0.4) is 0 Å². The summed E-state index contributed by atoms with van der Waals surface area (Å²) in [5.41, 5.74) is 0.623. The molecule has 1 fully saturated rings. The predicted octanol–water partition coefficient (Wildman–Crippen LogP) is 0.0381. The van der Waals surface area contributed by atoms with Crippen molar-refractivity contribution in [2.45, 2.75) is 31.8 Å². The summed E-state index contributed by atoms with van der Waals surface area (Å²) in [6.45, 7) is 1.10. The Hall–Kier alpha value is -1.05. The van der Waals surface area contributed by atoms with Crippen LogP contribution < -0.4 is 10.0 Å². The van der Waals surface area contributed by atoms with Gasteiger partial charge in [0, 0.05) is 12.2 Å². The molecule has 18 heavy (non-hydrogen) atoms. The molecule has 0 aliphatic carbocycles. The fraction of sp³-hybridized carbons (Fsp3) is 0.636.